The average molecular weight is 306 g/mol. The summed E-state index contributed by atoms with van der Waals surface area (Å²) in [6.45, 7) is 3.42. The fraction of sp³-hybridized carbons (Fsp3) is 0.571. The van der Waals surface area contributed by atoms with Crippen molar-refractivity contribution in [3.63, 3.8) is 0 Å². The van der Waals surface area contributed by atoms with Crippen LogP contribution >= 0.6 is 0 Å². The number of rotatable bonds is 4. The van der Waals surface area contributed by atoms with E-state index in [-0.39, 0.29) is 0 Å². The third-order valence-electron chi connectivity index (χ3n) is 3.44. The topological polar surface area (TPSA) is 81.7 Å². The van der Waals surface area contributed by atoms with Gasteiger partial charge in [0.25, 0.3) is 0 Å². The SMILES string of the molecule is CN(C)CCNC(=O)C(=O)N1CCN(c2ncccn2)CC1. The lowest BCUT2D eigenvalue weighted by molar-refractivity contribution is -0.146. The van der Waals surface area contributed by atoms with Gasteiger partial charge >= 0.3 is 11.8 Å². The number of carbonyl (C=O) groups excluding carboxylic acids is 2. The highest BCUT2D eigenvalue weighted by Crippen LogP contribution is 2.09. The van der Waals surface area contributed by atoms with Gasteiger partial charge in [-0.25, -0.2) is 9.97 Å². The van der Waals surface area contributed by atoms with E-state index in [1.165, 1.54) is 0 Å². The zero-order chi connectivity index (χ0) is 15.9. The summed E-state index contributed by atoms with van der Waals surface area (Å²) in [7, 11) is 3.83. The Morgan fingerprint density at radius 3 is 2.41 bits per heavy atom. The number of likely N-dealkylation sites (N-methyl/N-ethyl adjacent to an activating group) is 1. The lowest BCUT2D eigenvalue weighted by Gasteiger charge is -2.34. The number of nitrogens with one attached hydrogen (secondary N) is 1. The molecule has 2 heterocycles. The second-order valence-corrected chi connectivity index (χ2v) is 5.39. The third-order valence-corrected chi connectivity index (χ3v) is 3.44. The van der Waals surface area contributed by atoms with Crippen LogP contribution in [0.4, 0.5) is 5.95 Å². The van der Waals surface area contributed by atoms with Crippen LogP contribution in [0.5, 0.6) is 0 Å². The van der Waals surface area contributed by atoms with Crippen molar-refractivity contribution in [1.29, 1.82) is 0 Å². The molecule has 1 aromatic rings. The Morgan fingerprint density at radius 1 is 1.18 bits per heavy atom. The number of anilines is 1. The number of hydrogen-bond acceptors (Lipinski definition) is 6. The number of hydrogen-bond donors (Lipinski definition) is 1. The van der Waals surface area contributed by atoms with Crippen molar-refractivity contribution in [3.05, 3.63) is 18.5 Å². The van der Waals surface area contributed by atoms with Crippen molar-refractivity contribution >= 4 is 17.8 Å². The van der Waals surface area contributed by atoms with E-state index in [1.807, 2.05) is 23.9 Å². The first-order chi connectivity index (χ1) is 10.6. The van der Waals surface area contributed by atoms with Crippen LogP contribution in [0.1, 0.15) is 0 Å². The first-order valence-corrected chi connectivity index (χ1v) is 7.31. The van der Waals surface area contributed by atoms with Gasteiger partial charge in [-0.15, -0.1) is 0 Å². The van der Waals surface area contributed by atoms with E-state index >= 15 is 0 Å². The van der Waals surface area contributed by atoms with E-state index in [9.17, 15) is 9.59 Å². The van der Waals surface area contributed by atoms with E-state index < -0.39 is 11.8 Å². The molecule has 0 saturated carbocycles. The van der Waals surface area contributed by atoms with E-state index in [4.69, 9.17) is 0 Å². The van der Waals surface area contributed by atoms with E-state index in [0.717, 1.165) is 0 Å². The molecule has 1 aliphatic heterocycles. The normalized spacial score (nSPS) is 15.0. The molecular formula is C14H22N6O2. The molecule has 1 aliphatic rings. The zero-order valence-electron chi connectivity index (χ0n) is 13.0. The molecule has 0 aliphatic carbocycles. The van der Waals surface area contributed by atoms with Gasteiger partial charge in [0, 0.05) is 51.7 Å². The van der Waals surface area contributed by atoms with Crippen LogP contribution < -0.4 is 10.2 Å². The first-order valence-electron chi connectivity index (χ1n) is 7.31. The monoisotopic (exact) mass is 306 g/mol. The molecule has 1 saturated heterocycles. The highest BCUT2D eigenvalue weighted by Gasteiger charge is 2.26. The van der Waals surface area contributed by atoms with Gasteiger partial charge in [0.1, 0.15) is 0 Å². The summed E-state index contributed by atoms with van der Waals surface area (Å²) < 4.78 is 0. The van der Waals surface area contributed by atoms with Gasteiger partial charge in [0.2, 0.25) is 5.95 Å². The van der Waals surface area contributed by atoms with Crippen LogP contribution in [-0.4, -0.2) is 84.9 Å². The summed E-state index contributed by atoms with van der Waals surface area (Å²) in [5.41, 5.74) is 0. The number of nitrogens with zero attached hydrogens (tertiary/aromatic N) is 5. The molecule has 2 rings (SSSR count). The predicted octanol–water partition coefficient (Wildman–Crippen LogP) is -1.20. The quantitative estimate of drug-likeness (QED) is 0.704. The van der Waals surface area contributed by atoms with Gasteiger partial charge in [-0.2, -0.15) is 0 Å². The molecule has 0 aromatic carbocycles. The number of carbonyl (C=O) groups is 2. The van der Waals surface area contributed by atoms with Crippen molar-refractivity contribution in [2.75, 3.05) is 58.3 Å². The average Bonchev–Trinajstić information content (AvgIpc) is 2.54. The Kier molecular flexibility index (Phi) is 5.65. The van der Waals surface area contributed by atoms with E-state index in [2.05, 4.69) is 15.3 Å². The molecule has 1 aromatic heterocycles. The number of amides is 2. The second-order valence-electron chi connectivity index (χ2n) is 5.39. The fourth-order valence-corrected chi connectivity index (χ4v) is 2.18. The second kappa shape index (κ2) is 7.69. The maximum absolute atomic E-state index is 12.1. The van der Waals surface area contributed by atoms with Crippen LogP contribution in [0.3, 0.4) is 0 Å². The number of piperazine rings is 1. The Morgan fingerprint density at radius 2 is 1.82 bits per heavy atom. The molecule has 1 fully saturated rings. The van der Waals surface area contributed by atoms with Crippen LogP contribution in [-0.2, 0) is 9.59 Å². The smallest absolute Gasteiger partial charge is 0.312 e. The maximum Gasteiger partial charge on any atom is 0.312 e. The van der Waals surface area contributed by atoms with Gasteiger partial charge < -0.3 is 20.0 Å². The van der Waals surface area contributed by atoms with Crippen molar-refractivity contribution < 1.29 is 9.59 Å². The summed E-state index contributed by atoms with van der Waals surface area (Å²) in [5.74, 6) is -0.344. The molecule has 0 radical (unpaired) electrons. The van der Waals surface area contributed by atoms with Crippen molar-refractivity contribution in [2.24, 2.45) is 0 Å². The Balaban J connectivity index is 1.78. The molecule has 1 N–H and O–H groups in total. The minimum atomic E-state index is -0.536. The predicted molar refractivity (Wildman–Crippen MR) is 82.4 cm³/mol. The highest BCUT2D eigenvalue weighted by molar-refractivity contribution is 6.35. The molecule has 0 bridgehead atoms. The van der Waals surface area contributed by atoms with E-state index in [0.29, 0.717) is 45.2 Å². The van der Waals surface area contributed by atoms with E-state index in [1.54, 1.807) is 23.4 Å². The molecule has 120 valence electrons. The largest absolute Gasteiger partial charge is 0.347 e. The number of aromatic nitrogens is 2. The lowest BCUT2D eigenvalue weighted by atomic mass is 10.3. The molecular weight excluding hydrogens is 284 g/mol. The Labute approximate surface area is 130 Å². The fourth-order valence-electron chi connectivity index (χ4n) is 2.18. The summed E-state index contributed by atoms with van der Waals surface area (Å²) in [6, 6.07) is 1.77. The highest BCUT2D eigenvalue weighted by atomic mass is 16.2. The molecule has 22 heavy (non-hydrogen) atoms. The van der Waals surface area contributed by atoms with Crippen molar-refractivity contribution in [2.45, 2.75) is 0 Å². The molecule has 0 spiro atoms. The van der Waals surface area contributed by atoms with Crippen LogP contribution in [0.2, 0.25) is 0 Å². The minimum Gasteiger partial charge on any atom is -0.347 e. The van der Waals surface area contributed by atoms with Crippen LogP contribution in [0.15, 0.2) is 18.5 Å². The lowest BCUT2D eigenvalue weighted by Crippen LogP contribution is -2.53. The zero-order valence-corrected chi connectivity index (χ0v) is 13.0. The Hall–Kier alpha value is -2.22. The standard InChI is InChI=1S/C14H22N6O2/c1-18(2)7-6-15-12(21)13(22)19-8-10-20(11-9-19)14-16-4-3-5-17-14/h3-5H,6-11H2,1-2H3,(H,15,21). The molecule has 2 amide bonds. The van der Waals surface area contributed by atoms with Gasteiger partial charge in [0.05, 0.1) is 0 Å². The summed E-state index contributed by atoms with van der Waals surface area (Å²) in [4.78, 5) is 37.8. The van der Waals surface area contributed by atoms with Gasteiger partial charge in [0.15, 0.2) is 0 Å². The minimum absolute atomic E-state index is 0.465. The molecule has 8 nitrogen and oxygen atoms in total. The Bertz CT molecular complexity index is 499. The summed E-state index contributed by atoms with van der Waals surface area (Å²) in [6.07, 6.45) is 3.39. The van der Waals surface area contributed by atoms with Crippen LogP contribution in [0, 0.1) is 0 Å². The third kappa shape index (κ3) is 4.39. The molecule has 0 unspecified atom stereocenters. The first kappa shape index (κ1) is 16.2. The summed E-state index contributed by atoms with van der Waals surface area (Å²) in [5, 5.41) is 2.64. The van der Waals surface area contributed by atoms with Gasteiger partial charge in [-0.05, 0) is 20.2 Å². The molecule has 0 atom stereocenters. The van der Waals surface area contributed by atoms with Crippen molar-refractivity contribution in [1.82, 2.24) is 25.1 Å². The maximum atomic E-state index is 12.1. The van der Waals surface area contributed by atoms with Gasteiger partial charge in [-0.1, -0.05) is 0 Å². The van der Waals surface area contributed by atoms with Gasteiger partial charge in [-0.3, -0.25) is 9.59 Å². The van der Waals surface area contributed by atoms with Crippen molar-refractivity contribution in [3.8, 4) is 0 Å². The van der Waals surface area contributed by atoms with Crippen LogP contribution in [0.25, 0.3) is 0 Å². The summed E-state index contributed by atoms with van der Waals surface area (Å²) >= 11 is 0. The molecule has 8 heteroatoms.